The number of Topliss-reactive ketones (excluding diaryl/α,β-unsaturated/α-hetero) is 1. The lowest BCUT2D eigenvalue weighted by molar-refractivity contribution is -0.126. The number of hydrogen-bond acceptors (Lipinski definition) is 2. The Labute approximate surface area is 114 Å². The summed E-state index contributed by atoms with van der Waals surface area (Å²) >= 11 is 0. The molecule has 1 saturated carbocycles. The number of hydrogen-bond donors (Lipinski definition) is 0. The molecule has 0 bridgehead atoms. The zero-order valence-corrected chi connectivity index (χ0v) is 11.4. The number of benzene rings is 1. The molecule has 0 aromatic heterocycles. The van der Waals surface area contributed by atoms with E-state index in [0.717, 1.165) is 12.8 Å². The first-order chi connectivity index (χ1) is 9.15. The molecular weight excluding hydrogens is 243 g/mol. The van der Waals surface area contributed by atoms with Gasteiger partial charge in [-0.3, -0.25) is 4.79 Å². The molecule has 2 atom stereocenters. The fourth-order valence-corrected chi connectivity index (χ4v) is 2.65. The van der Waals surface area contributed by atoms with Crippen molar-refractivity contribution in [2.45, 2.75) is 45.1 Å². The van der Waals surface area contributed by atoms with E-state index in [9.17, 15) is 9.18 Å². The maximum Gasteiger partial charge on any atom is 0.162 e. The molecule has 0 N–H and O–H groups in total. The van der Waals surface area contributed by atoms with Crippen LogP contribution in [0.3, 0.4) is 0 Å². The maximum atomic E-state index is 13.4. The van der Waals surface area contributed by atoms with Gasteiger partial charge in [-0.1, -0.05) is 38.0 Å². The standard InChI is InChI=1S/C16H21FO2/c1-12-5-4-7-15(9-12)19-11-14(18)10-13-6-2-3-8-16(13)17/h2-3,6,8,12,15H,4-5,7,9-11H2,1H3. The molecule has 3 heteroatoms. The van der Waals surface area contributed by atoms with Crippen LogP contribution in [0.1, 0.15) is 38.2 Å². The van der Waals surface area contributed by atoms with Crippen LogP contribution in [-0.2, 0) is 16.0 Å². The molecule has 0 heterocycles. The molecule has 1 aromatic rings. The van der Waals surface area contributed by atoms with Gasteiger partial charge in [-0.25, -0.2) is 4.39 Å². The molecule has 2 unspecified atom stereocenters. The second kappa shape index (κ2) is 6.80. The third kappa shape index (κ3) is 4.43. The Morgan fingerprint density at radius 1 is 1.37 bits per heavy atom. The molecule has 1 aliphatic rings. The highest BCUT2D eigenvalue weighted by molar-refractivity contribution is 5.82. The summed E-state index contributed by atoms with van der Waals surface area (Å²) < 4.78 is 19.1. The van der Waals surface area contributed by atoms with E-state index >= 15 is 0 Å². The summed E-state index contributed by atoms with van der Waals surface area (Å²) in [6.45, 7) is 2.32. The van der Waals surface area contributed by atoms with Gasteiger partial charge in [0.2, 0.25) is 0 Å². The lowest BCUT2D eigenvalue weighted by atomic mass is 9.89. The van der Waals surface area contributed by atoms with Crippen LogP contribution in [0.4, 0.5) is 4.39 Å². The molecule has 2 rings (SSSR count). The zero-order valence-electron chi connectivity index (χ0n) is 11.4. The van der Waals surface area contributed by atoms with Crippen molar-refractivity contribution in [2.75, 3.05) is 6.61 Å². The van der Waals surface area contributed by atoms with Crippen molar-refractivity contribution in [1.29, 1.82) is 0 Å². The molecule has 1 fully saturated rings. The second-order valence-electron chi connectivity index (χ2n) is 5.51. The van der Waals surface area contributed by atoms with Crippen molar-refractivity contribution in [2.24, 2.45) is 5.92 Å². The normalized spacial score (nSPS) is 23.3. The summed E-state index contributed by atoms with van der Waals surface area (Å²) in [4.78, 5) is 11.8. The number of halogens is 1. The molecule has 1 aliphatic carbocycles. The van der Waals surface area contributed by atoms with E-state index in [1.54, 1.807) is 18.2 Å². The molecule has 104 valence electrons. The largest absolute Gasteiger partial charge is 0.370 e. The van der Waals surface area contributed by atoms with E-state index in [2.05, 4.69) is 6.92 Å². The molecular formula is C16H21FO2. The Hall–Kier alpha value is -1.22. The van der Waals surface area contributed by atoms with Crippen molar-refractivity contribution in [3.63, 3.8) is 0 Å². The van der Waals surface area contributed by atoms with Gasteiger partial charge in [0, 0.05) is 6.42 Å². The fraction of sp³-hybridized carbons (Fsp3) is 0.562. The van der Waals surface area contributed by atoms with Gasteiger partial charge >= 0.3 is 0 Å². The van der Waals surface area contributed by atoms with Crippen LogP contribution in [0.25, 0.3) is 0 Å². The Balaban J connectivity index is 1.77. The first-order valence-electron chi connectivity index (χ1n) is 7.02. The van der Waals surface area contributed by atoms with Crippen LogP contribution in [0.5, 0.6) is 0 Å². The predicted octanol–water partition coefficient (Wildman–Crippen LogP) is 3.53. The van der Waals surface area contributed by atoms with Crippen molar-refractivity contribution < 1.29 is 13.9 Å². The van der Waals surface area contributed by atoms with Crippen molar-refractivity contribution in [3.8, 4) is 0 Å². The van der Waals surface area contributed by atoms with Gasteiger partial charge in [-0.05, 0) is 30.4 Å². The topological polar surface area (TPSA) is 26.3 Å². The average molecular weight is 264 g/mol. The summed E-state index contributed by atoms with van der Waals surface area (Å²) in [5.41, 5.74) is 0.452. The van der Waals surface area contributed by atoms with E-state index < -0.39 is 0 Å². The first-order valence-corrected chi connectivity index (χ1v) is 7.02. The number of ether oxygens (including phenoxy) is 1. The number of ketones is 1. The zero-order chi connectivity index (χ0) is 13.7. The van der Waals surface area contributed by atoms with Gasteiger partial charge in [-0.15, -0.1) is 0 Å². The Morgan fingerprint density at radius 3 is 2.89 bits per heavy atom. The van der Waals surface area contributed by atoms with Crippen LogP contribution in [0.2, 0.25) is 0 Å². The lowest BCUT2D eigenvalue weighted by Crippen LogP contribution is -2.25. The third-order valence-electron chi connectivity index (χ3n) is 3.71. The summed E-state index contributed by atoms with van der Waals surface area (Å²) in [7, 11) is 0. The van der Waals surface area contributed by atoms with Gasteiger partial charge in [-0.2, -0.15) is 0 Å². The minimum Gasteiger partial charge on any atom is -0.370 e. The van der Waals surface area contributed by atoms with E-state index in [1.165, 1.54) is 18.9 Å². The Kier molecular flexibility index (Phi) is 5.08. The molecule has 2 nitrogen and oxygen atoms in total. The number of rotatable bonds is 5. The second-order valence-corrected chi connectivity index (χ2v) is 5.51. The molecule has 0 spiro atoms. The Morgan fingerprint density at radius 2 is 2.16 bits per heavy atom. The fourth-order valence-electron chi connectivity index (χ4n) is 2.65. The third-order valence-corrected chi connectivity index (χ3v) is 3.71. The van der Waals surface area contributed by atoms with Gasteiger partial charge in [0.15, 0.2) is 5.78 Å². The molecule has 0 amide bonds. The monoisotopic (exact) mass is 264 g/mol. The maximum absolute atomic E-state index is 13.4. The van der Waals surface area contributed by atoms with Crippen molar-refractivity contribution in [3.05, 3.63) is 35.6 Å². The Bertz CT molecular complexity index is 431. The van der Waals surface area contributed by atoms with Gasteiger partial charge < -0.3 is 4.74 Å². The predicted molar refractivity (Wildman–Crippen MR) is 72.5 cm³/mol. The summed E-state index contributed by atoms with van der Waals surface area (Å²) in [6.07, 6.45) is 4.82. The van der Waals surface area contributed by atoms with Gasteiger partial charge in [0.05, 0.1) is 6.10 Å². The van der Waals surface area contributed by atoms with Crippen LogP contribution in [0, 0.1) is 11.7 Å². The quantitative estimate of drug-likeness (QED) is 0.813. The summed E-state index contributed by atoms with van der Waals surface area (Å²) in [6, 6.07) is 6.40. The van der Waals surface area contributed by atoms with Crippen molar-refractivity contribution in [1.82, 2.24) is 0 Å². The average Bonchev–Trinajstić information content (AvgIpc) is 2.39. The van der Waals surface area contributed by atoms with Crippen molar-refractivity contribution >= 4 is 5.78 Å². The highest BCUT2D eigenvalue weighted by Gasteiger charge is 2.20. The highest BCUT2D eigenvalue weighted by atomic mass is 19.1. The molecule has 0 aliphatic heterocycles. The first kappa shape index (κ1) is 14.2. The minimum atomic E-state index is -0.317. The van der Waals surface area contributed by atoms with Crippen LogP contribution >= 0.6 is 0 Å². The number of carbonyl (C=O) groups excluding carboxylic acids is 1. The highest BCUT2D eigenvalue weighted by Crippen LogP contribution is 2.25. The van der Waals surface area contributed by atoms with E-state index in [4.69, 9.17) is 4.74 Å². The molecule has 0 saturated heterocycles. The summed E-state index contributed by atoms with van der Waals surface area (Å²) in [5, 5.41) is 0. The van der Waals surface area contributed by atoms with Crippen LogP contribution in [-0.4, -0.2) is 18.5 Å². The van der Waals surface area contributed by atoms with E-state index in [0.29, 0.717) is 11.5 Å². The molecule has 19 heavy (non-hydrogen) atoms. The molecule has 1 aromatic carbocycles. The van der Waals surface area contributed by atoms with E-state index in [-0.39, 0.29) is 30.7 Å². The SMILES string of the molecule is CC1CCCC(OCC(=O)Cc2ccccc2F)C1. The minimum absolute atomic E-state index is 0.0525. The van der Waals surface area contributed by atoms with Crippen LogP contribution in [0.15, 0.2) is 24.3 Å². The smallest absolute Gasteiger partial charge is 0.162 e. The molecule has 0 radical (unpaired) electrons. The van der Waals surface area contributed by atoms with Gasteiger partial charge in [0.1, 0.15) is 12.4 Å². The van der Waals surface area contributed by atoms with Gasteiger partial charge in [0.25, 0.3) is 0 Å². The number of carbonyl (C=O) groups is 1. The van der Waals surface area contributed by atoms with E-state index in [1.807, 2.05) is 0 Å². The van der Waals surface area contributed by atoms with Crippen LogP contribution < -0.4 is 0 Å². The lowest BCUT2D eigenvalue weighted by Gasteiger charge is -2.26. The summed E-state index contributed by atoms with van der Waals surface area (Å²) in [5.74, 6) is 0.311.